The largest absolute Gasteiger partial charge is 0.355 e. The van der Waals surface area contributed by atoms with Crippen LogP contribution in [0.1, 0.15) is 38.5 Å². The second kappa shape index (κ2) is 10.1. The molecule has 106 valence electrons. The van der Waals surface area contributed by atoms with E-state index < -0.39 is 0 Å². The summed E-state index contributed by atoms with van der Waals surface area (Å²) in [5.74, 6) is 0.424. The molecule has 6 heteroatoms. The van der Waals surface area contributed by atoms with Crippen molar-refractivity contribution in [3.63, 3.8) is 0 Å². The smallest absolute Gasteiger partial charge is 0.239 e. The first-order chi connectivity index (χ1) is 8.22. The summed E-state index contributed by atoms with van der Waals surface area (Å²) in [6.07, 6.45) is 7.65. The first-order valence-corrected chi connectivity index (χ1v) is 6.46. The maximum Gasteiger partial charge on any atom is 0.239 e. The van der Waals surface area contributed by atoms with Crippen LogP contribution >= 0.6 is 12.4 Å². The summed E-state index contributed by atoms with van der Waals surface area (Å²) < 4.78 is 0. The van der Waals surface area contributed by atoms with Gasteiger partial charge < -0.3 is 16.4 Å². The number of carbonyl (C=O) groups is 2. The van der Waals surface area contributed by atoms with E-state index in [9.17, 15) is 9.59 Å². The van der Waals surface area contributed by atoms with Crippen molar-refractivity contribution in [1.29, 1.82) is 0 Å². The Kier molecular flexibility index (Phi) is 9.69. The summed E-state index contributed by atoms with van der Waals surface area (Å²) >= 11 is 0. The zero-order valence-corrected chi connectivity index (χ0v) is 11.6. The first kappa shape index (κ1) is 17.2. The zero-order chi connectivity index (χ0) is 12.5. The van der Waals surface area contributed by atoms with Crippen LogP contribution in [0, 0.1) is 5.92 Å². The fraction of sp³-hybridized carbons (Fsp3) is 0.833. The molecule has 5 nitrogen and oxygen atoms in total. The minimum Gasteiger partial charge on any atom is -0.355 e. The standard InChI is InChI=1S/C12H23N3O2.ClH/c13-8-11(16)15-9-12(17)14-7-3-6-10-4-1-2-5-10;/h10H,1-9,13H2,(H,14,17)(H,15,16);1H. The molecule has 0 heterocycles. The van der Waals surface area contributed by atoms with Crippen molar-refractivity contribution in [3.8, 4) is 0 Å². The summed E-state index contributed by atoms with van der Waals surface area (Å²) in [4.78, 5) is 22.1. The van der Waals surface area contributed by atoms with Crippen molar-refractivity contribution < 1.29 is 9.59 Å². The highest BCUT2D eigenvalue weighted by atomic mass is 35.5. The molecule has 18 heavy (non-hydrogen) atoms. The van der Waals surface area contributed by atoms with Crippen LogP contribution in [-0.2, 0) is 9.59 Å². The van der Waals surface area contributed by atoms with Gasteiger partial charge in [-0.2, -0.15) is 0 Å². The van der Waals surface area contributed by atoms with Gasteiger partial charge in [-0.25, -0.2) is 0 Å². The molecule has 0 aromatic heterocycles. The van der Waals surface area contributed by atoms with E-state index in [1.54, 1.807) is 0 Å². The lowest BCUT2D eigenvalue weighted by molar-refractivity contribution is -0.125. The van der Waals surface area contributed by atoms with Crippen molar-refractivity contribution in [2.24, 2.45) is 11.7 Å². The van der Waals surface area contributed by atoms with Crippen LogP contribution < -0.4 is 16.4 Å². The van der Waals surface area contributed by atoms with Gasteiger partial charge in [-0.1, -0.05) is 25.7 Å². The second-order valence-corrected chi connectivity index (χ2v) is 4.62. The number of nitrogens with one attached hydrogen (secondary N) is 2. The summed E-state index contributed by atoms with van der Waals surface area (Å²) in [6.45, 7) is 0.655. The predicted molar refractivity (Wildman–Crippen MR) is 73.5 cm³/mol. The number of nitrogens with two attached hydrogens (primary N) is 1. The van der Waals surface area contributed by atoms with Crippen LogP contribution in [0.5, 0.6) is 0 Å². The molecular formula is C12H24ClN3O2. The van der Waals surface area contributed by atoms with Crippen molar-refractivity contribution >= 4 is 24.2 Å². The lowest BCUT2D eigenvalue weighted by Crippen LogP contribution is -2.39. The highest BCUT2D eigenvalue weighted by molar-refractivity contribution is 5.85. The van der Waals surface area contributed by atoms with Gasteiger partial charge in [0.15, 0.2) is 0 Å². The SMILES string of the molecule is Cl.NCC(=O)NCC(=O)NCCCC1CCCC1. The monoisotopic (exact) mass is 277 g/mol. The molecule has 1 rings (SSSR count). The minimum atomic E-state index is -0.300. The van der Waals surface area contributed by atoms with E-state index >= 15 is 0 Å². The molecule has 1 saturated carbocycles. The van der Waals surface area contributed by atoms with Crippen LogP contribution in [0.4, 0.5) is 0 Å². The van der Waals surface area contributed by atoms with Gasteiger partial charge >= 0.3 is 0 Å². The fourth-order valence-electron chi connectivity index (χ4n) is 2.23. The first-order valence-electron chi connectivity index (χ1n) is 6.46. The van der Waals surface area contributed by atoms with Gasteiger partial charge in [0.1, 0.15) is 0 Å². The van der Waals surface area contributed by atoms with Crippen LogP contribution in [0.2, 0.25) is 0 Å². The molecule has 0 saturated heterocycles. The summed E-state index contributed by atoms with van der Waals surface area (Å²) in [5.41, 5.74) is 5.11. The number of amides is 2. The number of hydrogen-bond donors (Lipinski definition) is 3. The maximum atomic E-state index is 11.3. The quantitative estimate of drug-likeness (QED) is 0.595. The molecule has 0 aromatic carbocycles. The Morgan fingerprint density at radius 2 is 1.78 bits per heavy atom. The molecule has 0 bridgehead atoms. The number of hydrogen-bond acceptors (Lipinski definition) is 3. The van der Waals surface area contributed by atoms with Crippen molar-refractivity contribution in [3.05, 3.63) is 0 Å². The fourth-order valence-corrected chi connectivity index (χ4v) is 2.23. The average Bonchev–Trinajstić information content (AvgIpc) is 2.84. The number of rotatable bonds is 7. The van der Waals surface area contributed by atoms with E-state index in [0.717, 1.165) is 12.3 Å². The van der Waals surface area contributed by atoms with Gasteiger partial charge in [0.25, 0.3) is 0 Å². The van der Waals surface area contributed by atoms with Crippen molar-refractivity contribution in [1.82, 2.24) is 10.6 Å². The van der Waals surface area contributed by atoms with E-state index in [0.29, 0.717) is 6.54 Å². The Balaban J connectivity index is 0.00000289. The van der Waals surface area contributed by atoms with E-state index in [4.69, 9.17) is 5.73 Å². The minimum absolute atomic E-state index is 0. The highest BCUT2D eigenvalue weighted by Crippen LogP contribution is 2.28. The van der Waals surface area contributed by atoms with E-state index in [-0.39, 0.29) is 37.3 Å². The van der Waals surface area contributed by atoms with Crippen LogP contribution in [0.15, 0.2) is 0 Å². The van der Waals surface area contributed by atoms with Crippen LogP contribution in [0.25, 0.3) is 0 Å². The lowest BCUT2D eigenvalue weighted by Gasteiger charge is -2.09. The molecule has 1 aliphatic rings. The molecule has 2 amide bonds. The molecule has 0 aromatic rings. The summed E-state index contributed by atoms with van der Waals surface area (Å²) in [7, 11) is 0. The van der Waals surface area contributed by atoms with Crippen LogP contribution in [-0.4, -0.2) is 31.4 Å². The molecule has 0 unspecified atom stereocenters. The molecule has 0 atom stereocenters. The predicted octanol–water partition coefficient (Wildman–Crippen LogP) is 0.570. The molecular weight excluding hydrogens is 254 g/mol. The van der Waals surface area contributed by atoms with Gasteiger partial charge in [-0.3, -0.25) is 9.59 Å². The molecule has 1 aliphatic carbocycles. The third kappa shape index (κ3) is 7.50. The zero-order valence-electron chi connectivity index (χ0n) is 10.7. The molecule has 4 N–H and O–H groups in total. The van der Waals surface area contributed by atoms with Crippen LogP contribution in [0.3, 0.4) is 0 Å². The topological polar surface area (TPSA) is 84.2 Å². The third-order valence-corrected chi connectivity index (χ3v) is 3.22. The normalized spacial score (nSPS) is 14.9. The Bertz CT molecular complexity index is 256. The summed E-state index contributed by atoms with van der Waals surface area (Å²) in [6, 6.07) is 0. The lowest BCUT2D eigenvalue weighted by atomic mass is 10.0. The maximum absolute atomic E-state index is 11.3. The highest BCUT2D eigenvalue weighted by Gasteiger charge is 2.14. The third-order valence-electron chi connectivity index (χ3n) is 3.22. The van der Waals surface area contributed by atoms with Gasteiger partial charge in [0, 0.05) is 6.54 Å². The molecule has 0 radical (unpaired) electrons. The molecule has 1 fully saturated rings. The second-order valence-electron chi connectivity index (χ2n) is 4.62. The molecule has 0 spiro atoms. The Hall–Kier alpha value is -0.810. The Labute approximate surface area is 115 Å². The Morgan fingerprint density at radius 1 is 1.11 bits per heavy atom. The van der Waals surface area contributed by atoms with Crippen molar-refractivity contribution in [2.75, 3.05) is 19.6 Å². The van der Waals surface area contributed by atoms with E-state index in [1.165, 1.54) is 32.1 Å². The summed E-state index contributed by atoms with van der Waals surface area (Å²) in [5, 5.41) is 5.23. The van der Waals surface area contributed by atoms with E-state index in [1.807, 2.05) is 0 Å². The Morgan fingerprint density at radius 3 is 2.39 bits per heavy atom. The number of carbonyl (C=O) groups excluding carboxylic acids is 2. The van der Waals surface area contributed by atoms with Crippen molar-refractivity contribution in [2.45, 2.75) is 38.5 Å². The van der Waals surface area contributed by atoms with Gasteiger partial charge in [-0.15, -0.1) is 12.4 Å². The molecule has 0 aliphatic heterocycles. The average molecular weight is 278 g/mol. The number of halogens is 1. The van der Waals surface area contributed by atoms with Gasteiger partial charge in [0.05, 0.1) is 13.1 Å². The van der Waals surface area contributed by atoms with Gasteiger partial charge in [-0.05, 0) is 18.8 Å². The van der Waals surface area contributed by atoms with Gasteiger partial charge in [0.2, 0.25) is 11.8 Å². The van der Waals surface area contributed by atoms with E-state index in [2.05, 4.69) is 10.6 Å².